The Labute approximate surface area is 629 Å². The van der Waals surface area contributed by atoms with Crippen molar-refractivity contribution in [1.29, 1.82) is 0 Å². The van der Waals surface area contributed by atoms with Gasteiger partial charge in [0.2, 0.25) is 0 Å². The molecule has 0 atom stereocenters. The van der Waals surface area contributed by atoms with Gasteiger partial charge in [-0.2, -0.15) is 0 Å². The number of nitrogens with zero attached hydrogens (tertiary/aromatic N) is 3. The third-order valence-electron chi connectivity index (χ3n) is 25.1. The second kappa shape index (κ2) is 24.4. The summed E-state index contributed by atoms with van der Waals surface area (Å²) >= 11 is 0. The summed E-state index contributed by atoms with van der Waals surface area (Å²) in [4.78, 5) is 5.25. The van der Waals surface area contributed by atoms with Crippen LogP contribution in [-0.4, -0.2) is 11.3 Å². The number of benzene rings is 13. The van der Waals surface area contributed by atoms with Crippen molar-refractivity contribution in [2.45, 2.75) is 155 Å². The average molecular weight is 1370 g/mol. The van der Waals surface area contributed by atoms with E-state index in [0.717, 1.165) is 33.8 Å². The SMILES string of the molecule is CC(C)(C)c1ccc(-c2ccc3c(c2)B2c4ccc(-n5c6ccc(-c7ccccc7)cc6c6cc(-c7ccccc7)ccc65)cc4N(c4ccc(-c5ccc6c(c5)C(C)(C)CCC6(C)C)cc4)c4cc(-c5ccc(C(C)(C)C)cc5)cc(c42)N3c2ccc(-c3ccc4c(c3)C(C)(C)CCC4(C)C)cc2)cc1. The van der Waals surface area contributed by atoms with Gasteiger partial charge in [0.25, 0.3) is 6.71 Å². The maximum absolute atomic E-state index is 2.64. The van der Waals surface area contributed by atoms with Crippen molar-refractivity contribution in [3.63, 3.8) is 0 Å². The maximum Gasteiger partial charge on any atom is 0.252 e. The van der Waals surface area contributed by atoms with E-state index in [1.54, 1.807) is 0 Å². The molecule has 0 saturated carbocycles. The monoisotopic (exact) mass is 1370 g/mol. The summed E-state index contributed by atoms with van der Waals surface area (Å²) < 4.78 is 2.54. The van der Waals surface area contributed by atoms with Gasteiger partial charge in [0.1, 0.15) is 0 Å². The lowest BCUT2D eigenvalue weighted by atomic mass is 9.33. The number of hydrogen-bond donors (Lipinski definition) is 0. The molecule has 14 aromatic rings. The van der Waals surface area contributed by atoms with Crippen molar-refractivity contribution in [3.8, 4) is 72.4 Å². The molecular formula is C102H96BN3. The van der Waals surface area contributed by atoms with Crippen LogP contribution in [-0.2, 0) is 32.5 Å². The summed E-state index contributed by atoms with van der Waals surface area (Å²) in [6.07, 6.45) is 4.72. The van der Waals surface area contributed by atoms with Gasteiger partial charge in [0.05, 0.1) is 11.0 Å². The lowest BCUT2D eigenvalue weighted by Crippen LogP contribution is -2.61. The highest BCUT2D eigenvalue weighted by Crippen LogP contribution is 2.52. The molecule has 0 spiro atoms. The molecule has 0 N–H and O–H groups in total. The molecule has 106 heavy (non-hydrogen) atoms. The molecule has 4 heteroatoms. The smallest absolute Gasteiger partial charge is 0.252 e. The highest BCUT2D eigenvalue weighted by atomic mass is 15.2. The molecule has 4 aliphatic rings. The van der Waals surface area contributed by atoms with E-state index in [9.17, 15) is 0 Å². The summed E-state index contributed by atoms with van der Waals surface area (Å²) in [6.45, 7) is 33.2. The standard InChI is InChI=1S/C102H96BN3/c1-97(2,3)77-38-25-67(26-39-77)75-37-52-92-89(61-75)103-88-49-46-81(106-90-50-35-71(65-21-17-15-18-22-65)57-82(90)83-58-72(36-51-91(83)106)66-23-19-16-20-24-66)64-93(88)105(80-44-31-69(32-45-80)74-34-48-85-87(60-74)102(13,14)56-54-100(85,9)10)95-63-76(70-27-40-78(41-28-70)98(4,5)6)62-94(96(95)103)104(92)79-42-29-68(30-43-79)73-33-47-84-86(59-73)101(11,12)55-53-99(84,7)8/h15-52,57-64H,53-56H2,1-14H3. The highest BCUT2D eigenvalue weighted by molar-refractivity contribution is 7.00. The quantitative estimate of drug-likeness (QED) is 0.133. The highest BCUT2D eigenvalue weighted by Gasteiger charge is 2.45. The van der Waals surface area contributed by atoms with Crippen molar-refractivity contribution in [2.75, 3.05) is 9.80 Å². The third-order valence-corrected chi connectivity index (χ3v) is 25.1. The molecule has 13 aromatic carbocycles. The molecule has 3 nitrogen and oxygen atoms in total. The molecule has 18 rings (SSSR count). The molecule has 1 aromatic heterocycles. The fourth-order valence-corrected chi connectivity index (χ4v) is 18.4. The lowest BCUT2D eigenvalue weighted by Gasteiger charge is -2.45. The molecule has 0 radical (unpaired) electrons. The van der Waals surface area contributed by atoms with E-state index in [4.69, 9.17) is 0 Å². The van der Waals surface area contributed by atoms with E-state index < -0.39 is 0 Å². The van der Waals surface area contributed by atoms with Crippen molar-refractivity contribution in [2.24, 2.45) is 0 Å². The number of rotatable bonds is 9. The second-order valence-corrected chi connectivity index (χ2v) is 35.9. The average Bonchev–Trinajstić information content (AvgIpc) is 0.738. The fourth-order valence-electron chi connectivity index (χ4n) is 18.4. The van der Waals surface area contributed by atoms with Gasteiger partial charge in [0, 0.05) is 50.6 Å². The van der Waals surface area contributed by atoms with E-state index in [1.165, 1.54) is 170 Å². The molecule has 522 valence electrons. The van der Waals surface area contributed by atoms with Gasteiger partial charge < -0.3 is 14.4 Å². The Balaban J connectivity index is 0.892. The van der Waals surface area contributed by atoms with Crippen LogP contribution >= 0.6 is 0 Å². The lowest BCUT2D eigenvalue weighted by molar-refractivity contribution is 0.332. The zero-order valence-electron chi connectivity index (χ0n) is 64.3. The van der Waals surface area contributed by atoms with Gasteiger partial charge >= 0.3 is 0 Å². The fraction of sp³-hybridized carbons (Fsp3) is 0.235. The van der Waals surface area contributed by atoms with E-state index in [0.29, 0.717) is 0 Å². The largest absolute Gasteiger partial charge is 0.311 e. The van der Waals surface area contributed by atoms with Crippen LogP contribution in [0.1, 0.15) is 156 Å². The zero-order valence-corrected chi connectivity index (χ0v) is 64.3. The molecule has 2 aliphatic carbocycles. The van der Waals surface area contributed by atoms with Crippen LogP contribution in [0.4, 0.5) is 34.1 Å². The normalized spacial score (nSPS) is 15.9. The van der Waals surface area contributed by atoms with Gasteiger partial charge in [-0.15, -0.1) is 0 Å². The Bertz CT molecular complexity index is 5720. The van der Waals surface area contributed by atoms with E-state index in [2.05, 4.69) is 390 Å². The molecule has 0 amide bonds. The van der Waals surface area contributed by atoms with Crippen molar-refractivity contribution in [1.82, 2.24) is 4.57 Å². The van der Waals surface area contributed by atoms with E-state index >= 15 is 0 Å². The van der Waals surface area contributed by atoms with Crippen LogP contribution in [0, 0.1) is 0 Å². The van der Waals surface area contributed by atoms with Crippen LogP contribution in [0.15, 0.2) is 279 Å². The number of aromatic nitrogens is 1. The minimum absolute atomic E-state index is 0.0132. The van der Waals surface area contributed by atoms with Gasteiger partial charge in [-0.25, -0.2) is 0 Å². The molecule has 0 unspecified atom stereocenters. The number of hydrogen-bond acceptors (Lipinski definition) is 2. The molecule has 0 bridgehead atoms. The van der Waals surface area contributed by atoms with Crippen LogP contribution in [0.25, 0.3) is 94.3 Å². The predicted molar refractivity (Wildman–Crippen MR) is 455 cm³/mol. The zero-order chi connectivity index (χ0) is 73.1. The third kappa shape index (κ3) is 11.3. The Morgan fingerprint density at radius 2 is 0.613 bits per heavy atom. The second-order valence-electron chi connectivity index (χ2n) is 35.9. The Morgan fingerprint density at radius 1 is 0.264 bits per heavy atom. The van der Waals surface area contributed by atoms with E-state index in [1.807, 2.05) is 0 Å². The molecule has 3 heterocycles. The van der Waals surface area contributed by atoms with Gasteiger partial charge in [-0.1, -0.05) is 297 Å². The van der Waals surface area contributed by atoms with Crippen LogP contribution in [0.2, 0.25) is 0 Å². The first-order valence-corrected chi connectivity index (χ1v) is 38.7. The van der Waals surface area contributed by atoms with Crippen LogP contribution in [0.3, 0.4) is 0 Å². The summed E-state index contributed by atoms with van der Waals surface area (Å²) in [7, 11) is 0. The molecule has 0 fully saturated rings. The maximum atomic E-state index is 2.64. The minimum Gasteiger partial charge on any atom is -0.311 e. The topological polar surface area (TPSA) is 11.4 Å². The summed E-state index contributed by atoms with van der Waals surface area (Å²) in [5.74, 6) is 0. The van der Waals surface area contributed by atoms with Crippen molar-refractivity contribution < 1.29 is 0 Å². The summed E-state index contributed by atoms with van der Waals surface area (Å²) in [6, 6.07) is 108. The Hall–Kier alpha value is -10.7. The Kier molecular flexibility index (Phi) is 15.5. The molecular weight excluding hydrogens is 1280 g/mol. The van der Waals surface area contributed by atoms with Crippen molar-refractivity contribution >= 4 is 79.0 Å². The summed E-state index contributed by atoms with van der Waals surface area (Å²) in [5.41, 5.74) is 37.7. The van der Waals surface area contributed by atoms with Gasteiger partial charge in [-0.05, 0) is 254 Å². The number of fused-ring (bicyclic) bond motifs is 9. The van der Waals surface area contributed by atoms with E-state index in [-0.39, 0.29) is 39.2 Å². The first-order chi connectivity index (χ1) is 50.7. The number of anilines is 6. The first kappa shape index (κ1) is 67.2. The van der Waals surface area contributed by atoms with Crippen molar-refractivity contribution in [3.05, 3.63) is 312 Å². The van der Waals surface area contributed by atoms with Gasteiger partial charge in [-0.3, -0.25) is 0 Å². The predicted octanol–water partition coefficient (Wildman–Crippen LogP) is 26.2. The minimum atomic E-state index is -0.160. The van der Waals surface area contributed by atoms with Crippen LogP contribution < -0.4 is 26.2 Å². The summed E-state index contributed by atoms with van der Waals surface area (Å²) in [5, 5.41) is 2.44. The Morgan fingerprint density at radius 3 is 1.06 bits per heavy atom. The molecule has 0 saturated heterocycles. The molecule has 2 aliphatic heterocycles. The first-order valence-electron chi connectivity index (χ1n) is 38.7. The van der Waals surface area contributed by atoms with Crippen LogP contribution in [0.5, 0.6) is 0 Å². The van der Waals surface area contributed by atoms with Gasteiger partial charge in [0.15, 0.2) is 0 Å².